The lowest BCUT2D eigenvalue weighted by Crippen LogP contribution is -1.91. The maximum absolute atomic E-state index is 13.5. The Hall–Kier alpha value is -1.62. The largest absolute Gasteiger partial charge is 0.399 e. The molecule has 0 aromatic heterocycles. The van der Waals surface area contributed by atoms with Crippen molar-refractivity contribution in [3.8, 4) is 0 Å². The third-order valence-corrected chi connectivity index (χ3v) is 3.44. The van der Waals surface area contributed by atoms with Gasteiger partial charge in [-0.05, 0) is 36.4 Å². The molecule has 2 rings (SSSR count). The van der Waals surface area contributed by atoms with E-state index >= 15 is 0 Å². The first kappa shape index (κ1) is 12.8. The van der Waals surface area contributed by atoms with Crippen LogP contribution in [0.2, 0.25) is 0 Å². The van der Waals surface area contributed by atoms with E-state index in [-0.39, 0.29) is 11.3 Å². The molecule has 0 amide bonds. The lowest BCUT2D eigenvalue weighted by Gasteiger charge is -2.05. The average molecular weight is 269 g/mol. The highest BCUT2D eigenvalue weighted by atomic mass is 32.2. The van der Waals surface area contributed by atoms with Crippen LogP contribution in [0.15, 0.2) is 41.3 Å². The third-order valence-electron chi connectivity index (χ3n) is 2.35. The van der Waals surface area contributed by atoms with Crippen LogP contribution in [0.4, 0.5) is 18.9 Å². The van der Waals surface area contributed by atoms with Crippen molar-refractivity contribution < 1.29 is 13.2 Å². The second-order valence-electron chi connectivity index (χ2n) is 3.71. The number of benzene rings is 2. The summed E-state index contributed by atoms with van der Waals surface area (Å²) in [6.45, 7) is 0. The molecule has 0 radical (unpaired) electrons. The molecular weight excluding hydrogens is 259 g/mol. The topological polar surface area (TPSA) is 26.0 Å². The Kier molecular flexibility index (Phi) is 3.81. The molecule has 0 bridgehead atoms. The fourth-order valence-corrected chi connectivity index (χ4v) is 2.34. The van der Waals surface area contributed by atoms with Gasteiger partial charge in [-0.3, -0.25) is 0 Å². The smallest absolute Gasteiger partial charge is 0.138 e. The molecule has 2 N–H and O–H groups in total. The highest BCUT2D eigenvalue weighted by molar-refractivity contribution is 7.98. The summed E-state index contributed by atoms with van der Waals surface area (Å²) in [4.78, 5) is 0.355. The second-order valence-corrected chi connectivity index (χ2v) is 4.73. The van der Waals surface area contributed by atoms with E-state index in [1.54, 1.807) is 6.07 Å². The van der Waals surface area contributed by atoms with Gasteiger partial charge >= 0.3 is 0 Å². The Morgan fingerprint density at radius 1 is 0.944 bits per heavy atom. The van der Waals surface area contributed by atoms with Gasteiger partial charge in [0.1, 0.15) is 17.5 Å². The van der Waals surface area contributed by atoms with Crippen molar-refractivity contribution in [2.75, 3.05) is 5.73 Å². The molecule has 0 heterocycles. The van der Waals surface area contributed by atoms with Crippen LogP contribution >= 0.6 is 11.8 Å². The van der Waals surface area contributed by atoms with Crippen molar-refractivity contribution in [1.29, 1.82) is 0 Å². The van der Waals surface area contributed by atoms with Gasteiger partial charge in [-0.25, -0.2) is 13.2 Å². The molecule has 1 nitrogen and oxygen atoms in total. The summed E-state index contributed by atoms with van der Waals surface area (Å²) in [6, 6.07) is 7.50. The predicted octanol–water partition coefficient (Wildman–Crippen LogP) is 3.98. The van der Waals surface area contributed by atoms with Gasteiger partial charge in [-0.1, -0.05) is 0 Å². The average Bonchev–Trinajstić information content (AvgIpc) is 2.32. The molecule has 0 spiro atoms. The molecule has 0 saturated carbocycles. The molecule has 2 aromatic rings. The van der Waals surface area contributed by atoms with Crippen LogP contribution in [0.1, 0.15) is 5.56 Å². The van der Waals surface area contributed by atoms with E-state index in [1.165, 1.54) is 12.1 Å². The monoisotopic (exact) mass is 269 g/mol. The number of thioether (sulfide) groups is 1. The van der Waals surface area contributed by atoms with Crippen LogP contribution < -0.4 is 5.73 Å². The van der Waals surface area contributed by atoms with Gasteiger partial charge in [0.25, 0.3) is 0 Å². The number of hydrogen-bond donors (Lipinski definition) is 1. The summed E-state index contributed by atoms with van der Waals surface area (Å²) in [5.41, 5.74) is 5.95. The van der Waals surface area contributed by atoms with Crippen LogP contribution in [-0.4, -0.2) is 0 Å². The third kappa shape index (κ3) is 2.98. The van der Waals surface area contributed by atoms with E-state index in [4.69, 9.17) is 5.73 Å². The zero-order valence-electron chi connectivity index (χ0n) is 9.29. The lowest BCUT2D eigenvalue weighted by molar-refractivity contribution is 0.590. The summed E-state index contributed by atoms with van der Waals surface area (Å²) in [7, 11) is 0. The zero-order chi connectivity index (χ0) is 13.1. The van der Waals surface area contributed by atoms with E-state index in [0.717, 1.165) is 30.0 Å². The molecule has 5 heteroatoms. The maximum Gasteiger partial charge on any atom is 0.138 e. The van der Waals surface area contributed by atoms with Crippen molar-refractivity contribution in [3.63, 3.8) is 0 Å². The van der Waals surface area contributed by atoms with Gasteiger partial charge in [0.15, 0.2) is 0 Å². The van der Waals surface area contributed by atoms with Crippen molar-refractivity contribution in [3.05, 3.63) is 59.4 Å². The van der Waals surface area contributed by atoms with Crippen LogP contribution in [0, 0.1) is 17.5 Å². The summed E-state index contributed by atoms with van der Waals surface area (Å²) < 4.78 is 39.7. The molecule has 2 aromatic carbocycles. The molecule has 94 valence electrons. The first-order valence-electron chi connectivity index (χ1n) is 5.18. The highest BCUT2D eigenvalue weighted by Gasteiger charge is 2.07. The van der Waals surface area contributed by atoms with Crippen molar-refractivity contribution in [2.24, 2.45) is 0 Å². The molecule has 0 aliphatic carbocycles. The number of rotatable bonds is 3. The normalized spacial score (nSPS) is 10.6. The Morgan fingerprint density at radius 3 is 2.44 bits per heavy atom. The van der Waals surface area contributed by atoms with Gasteiger partial charge in [0.2, 0.25) is 0 Å². The maximum atomic E-state index is 13.5. The van der Waals surface area contributed by atoms with Gasteiger partial charge < -0.3 is 5.73 Å². The molecule has 18 heavy (non-hydrogen) atoms. The number of hydrogen-bond acceptors (Lipinski definition) is 2. The minimum absolute atomic E-state index is 0.157. The van der Waals surface area contributed by atoms with Crippen LogP contribution in [0.3, 0.4) is 0 Å². The summed E-state index contributed by atoms with van der Waals surface area (Å²) in [6.07, 6.45) is 0. The van der Waals surface area contributed by atoms with E-state index in [0.29, 0.717) is 10.6 Å². The molecule has 0 unspecified atom stereocenters. The fourth-order valence-electron chi connectivity index (χ4n) is 1.44. The quantitative estimate of drug-likeness (QED) is 0.673. The van der Waals surface area contributed by atoms with Crippen molar-refractivity contribution in [1.82, 2.24) is 0 Å². The Balaban J connectivity index is 2.13. The number of nitrogen functional groups attached to an aromatic ring is 1. The Morgan fingerprint density at radius 2 is 1.72 bits per heavy atom. The lowest BCUT2D eigenvalue weighted by atomic mass is 10.2. The van der Waals surface area contributed by atoms with Crippen LogP contribution in [0.5, 0.6) is 0 Å². The van der Waals surface area contributed by atoms with E-state index in [1.807, 2.05) is 0 Å². The molecule has 0 aliphatic rings. The number of halogens is 3. The standard InChI is InChI=1S/C13H10F3NS/c14-9-1-3-11(15)8(5-9)7-18-13-4-2-10(17)6-12(13)16/h1-6H,7,17H2. The van der Waals surface area contributed by atoms with E-state index < -0.39 is 17.5 Å². The summed E-state index contributed by atoms with van der Waals surface area (Å²) >= 11 is 1.09. The van der Waals surface area contributed by atoms with Gasteiger partial charge in [-0.15, -0.1) is 11.8 Å². The Bertz CT molecular complexity index is 572. The van der Waals surface area contributed by atoms with Crippen molar-refractivity contribution >= 4 is 17.4 Å². The molecule has 0 fully saturated rings. The van der Waals surface area contributed by atoms with Crippen LogP contribution in [0.25, 0.3) is 0 Å². The van der Waals surface area contributed by atoms with E-state index in [2.05, 4.69) is 0 Å². The fraction of sp³-hybridized carbons (Fsp3) is 0.0769. The Labute approximate surface area is 107 Å². The van der Waals surface area contributed by atoms with Gasteiger partial charge in [0.05, 0.1) is 0 Å². The van der Waals surface area contributed by atoms with E-state index in [9.17, 15) is 13.2 Å². The van der Waals surface area contributed by atoms with Gasteiger partial charge in [0, 0.05) is 21.9 Å². The molecule has 0 atom stereocenters. The van der Waals surface area contributed by atoms with Crippen molar-refractivity contribution in [2.45, 2.75) is 10.6 Å². The zero-order valence-corrected chi connectivity index (χ0v) is 10.1. The number of nitrogens with two attached hydrogens (primary N) is 1. The van der Waals surface area contributed by atoms with Gasteiger partial charge in [-0.2, -0.15) is 0 Å². The molecule has 0 saturated heterocycles. The SMILES string of the molecule is Nc1ccc(SCc2cc(F)ccc2F)c(F)c1. The summed E-state index contributed by atoms with van der Waals surface area (Å²) in [5.74, 6) is -1.31. The minimum Gasteiger partial charge on any atom is -0.399 e. The molecular formula is C13H10F3NS. The predicted molar refractivity (Wildman–Crippen MR) is 66.7 cm³/mol. The highest BCUT2D eigenvalue weighted by Crippen LogP contribution is 2.27. The summed E-state index contributed by atoms with van der Waals surface area (Å²) in [5, 5.41) is 0. The minimum atomic E-state index is -0.509. The first-order valence-corrected chi connectivity index (χ1v) is 6.16. The second kappa shape index (κ2) is 5.35. The number of anilines is 1. The van der Waals surface area contributed by atoms with Crippen LogP contribution in [-0.2, 0) is 5.75 Å². The first-order chi connectivity index (χ1) is 8.56. The molecule has 0 aliphatic heterocycles.